The van der Waals surface area contributed by atoms with Crippen molar-refractivity contribution in [1.82, 2.24) is 0 Å². The van der Waals surface area contributed by atoms with Crippen LogP contribution in [0.3, 0.4) is 0 Å². The molecule has 35 heavy (non-hydrogen) atoms. The van der Waals surface area contributed by atoms with Gasteiger partial charge in [0.2, 0.25) is 0 Å². The summed E-state index contributed by atoms with van der Waals surface area (Å²) >= 11 is 0. The van der Waals surface area contributed by atoms with Gasteiger partial charge in [-0.15, -0.1) is 0 Å². The number of carbonyl (C=O) groups is 1. The lowest BCUT2D eigenvalue weighted by Gasteiger charge is -2.16. The Morgan fingerprint density at radius 1 is 0.714 bits per heavy atom. The van der Waals surface area contributed by atoms with Crippen molar-refractivity contribution >= 4 is 16.1 Å². The molecule has 0 saturated heterocycles. The van der Waals surface area contributed by atoms with Gasteiger partial charge in [-0.3, -0.25) is 8.98 Å². The maximum atomic E-state index is 12.7. The molecule has 202 valence electrons. The molecule has 0 bridgehead atoms. The average Bonchev–Trinajstić information content (AvgIpc) is 2.84. The van der Waals surface area contributed by atoms with Gasteiger partial charge in [0, 0.05) is 0 Å². The van der Waals surface area contributed by atoms with E-state index in [4.69, 9.17) is 8.92 Å². The van der Waals surface area contributed by atoms with Crippen molar-refractivity contribution in [3.8, 4) is 0 Å². The average molecular weight is 511 g/mol. The molecule has 0 fully saturated rings. The van der Waals surface area contributed by atoms with Crippen molar-refractivity contribution in [2.45, 2.75) is 128 Å². The Kier molecular flexibility index (Phi) is 17.8. The Hall–Kier alpha value is -1.40. The Balaban J connectivity index is 2.21. The van der Waals surface area contributed by atoms with Crippen LogP contribution in [0.4, 0.5) is 0 Å². The zero-order valence-electron chi connectivity index (χ0n) is 22.6. The molecular weight excluding hydrogens is 460 g/mol. The quantitative estimate of drug-likeness (QED) is 0.0894. The Morgan fingerprint density at radius 2 is 1.20 bits per heavy atom. The van der Waals surface area contributed by atoms with Crippen LogP contribution in [0.25, 0.3) is 0 Å². The summed E-state index contributed by atoms with van der Waals surface area (Å²) in [5, 5.41) is 0. The number of benzene rings is 1. The van der Waals surface area contributed by atoms with Gasteiger partial charge in [-0.1, -0.05) is 102 Å². The smallest absolute Gasteiger partial charge is 0.308 e. The molecule has 1 unspecified atom stereocenters. The molecule has 1 atom stereocenters. The van der Waals surface area contributed by atoms with E-state index in [-0.39, 0.29) is 23.4 Å². The van der Waals surface area contributed by atoms with Crippen LogP contribution in [-0.2, 0) is 23.8 Å². The normalized spacial score (nSPS) is 12.5. The van der Waals surface area contributed by atoms with Crippen molar-refractivity contribution < 1.29 is 22.1 Å². The van der Waals surface area contributed by atoms with Gasteiger partial charge in [0.25, 0.3) is 10.1 Å². The van der Waals surface area contributed by atoms with Gasteiger partial charge in [0.15, 0.2) is 0 Å². The highest BCUT2D eigenvalue weighted by atomic mass is 32.2. The Bertz CT molecular complexity index is 758. The van der Waals surface area contributed by atoms with Gasteiger partial charge in [-0.25, -0.2) is 0 Å². The van der Waals surface area contributed by atoms with E-state index in [0.29, 0.717) is 13.0 Å². The summed E-state index contributed by atoms with van der Waals surface area (Å²) in [6.45, 7) is 6.97. The largest absolute Gasteiger partial charge is 0.465 e. The van der Waals surface area contributed by atoms with E-state index in [1.165, 1.54) is 51.4 Å². The number of hydrogen-bond acceptors (Lipinski definition) is 5. The standard InChI is InChI=1S/C29H50O5S/c1-4-6-8-10-11-15-19-27(18-14-9-7-5-2)29(30)33-24-16-12-13-17-25-34-35(31,32)28-22-20-26(3)21-23-28/h20-23,27H,4-19,24-25H2,1-3H3. The summed E-state index contributed by atoms with van der Waals surface area (Å²) in [6, 6.07) is 6.67. The van der Waals surface area contributed by atoms with Crippen LogP contribution in [0.1, 0.15) is 122 Å². The summed E-state index contributed by atoms with van der Waals surface area (Å²) in [4.78, 5) is 12.9. The van der Waals surface area contributed by atoms with E-state index < -0.39 is 10.1 Å². The van der Waals surface area contributed by atoms with E-state index >= 15 is 0 Å². The van der Waals surface area contributed by atoms with Crippen LogP contribution in [-0.4, -0.2) is 27.6 Å². The van der Waals surface area contributed by atoms with Gasteiger partial charge in [0.1, 0.15) is 0 Å². The highest BCUT2D eigenvalue weighted by Gasteiger charge is 2.19. The van der Waals surface area contributed by atoms with E-state index in [1.54, 1.807) is 24.3 Å². The molecule has 0 radical (unpaired) electrons. The van der Waals surface area contributed by atoms with E-state index in [1.807, 2.05) is 6.92 Å². The lowest BCUT2D eigenvalue weighted by atomic mass is 9.94. The maximum Gasteiger partial charge on any atom is 0.308 e. The predicted molar refractivity (Wildman–Crippen MR) is 144 cm³/mol. The molecule has 1 aromatic carbocycles. The molecular formula is C29H50O5S. The van der Waals surface area contributed by atoms with Crippen LogP contribution in [0.2, 0.25) is 0 Å². The van der Waals surface area contributed by atoms with E-state index in [2.05, 4.69) is 13.8 Å². The fraction of sp³-hybridized carbons (Fsp3) is 0.759. The highest BCUT2D eigenvalue weighted by molar-refractivity contribution is 7.86. The molecule has 5 nitrogen and oxygen atoms in total. The van der Waals surface area contributed by atoms with Crippen molar-refractivity contribution in [2.24, 2.45) is 5.92 Å². The minimum Gasteiger partial charge on any atom is -0.465 e. The number of carbonyl (C=O) groups excluding carboxylic acids is 1. The van der Waals surface area contributed by atoms with Crippen LogP contribution < -0.4 is 0 Å². The summed E-state index contributed by atoms with van der Waals surface area (Å²) < 4.78 is 35.1. The van der Waals surface area contributed by atoms with Gasteiger partial charge in [0.05, 0.1) is 24.0 Å². The molecule has 6 heteroatoms. The highest BCUT2D eigenvalue weighted by Crippen LogP contribution is 2.21. The summed E-state index contributed by atoms with van der Waals surface area (Å²) in [5.41, 5.74) is 1.01. The molecule has 0 N–H and O–H groups in total. The molecule has 0 spiro atoms. The molecule has 0 aliphatic carbocycles. The molecule has 0 amide bonds. The molecule has 1 rings (SSSR count). The second kappa shape index (κ2) is 19.7. The second-order valence-corrected chi connectivity index (χ2v) is 11.4. The molecule has 0 aliphatic rings. The van der Waals surface area contributed by atoms with Crippen LogP contribution in [0.5, 0.6) is 0 Å². The monoisotopic (exact) mass is 510 g/mol. The first-order chi connectivity index (χ1) is 16.9. The minimum absolute atomic E-state index is 0.0254. The van der Waals surface area contributed by atoms with Gasteiger partial charge in [-0.2, -0.15) is 8.42 Å². The topological polar surface area (TPSA) is 69.7 Å². The number of esters is 1. The molecule has 0 aliphatic heterocycles. The van der Waals surface area contributed by atoms with Crippen LogP contribution in [0.15, 0.2) is 29.2 Å². The van der Waals surface area contributed by atoms with Crippen molar-refractivity contribution in [3.05, 3.63) is 29.8 Å². The summed E-state index contributed by atoms with van der Waals surface area (Å²) in [5.74, 6) is 0.0148. The van der Waals surface area contributed by atoms with Crippen LogP contribution >= 0.6 is 0 Å². The first-order valence-corrected chi connectivity index (χ1v) is 15.4. The van der Waals surface area contributed by atoms with Gasteiger partial charge in [-0.05, 0) is 51.2 Å². The zero-order valence-corrected chi connectivity index (χ0v) is 23.4. The summed E-state index contributed by atoms with van der Waals surface area (Å²) in [6.07, 6.45) is 17.3. The summed E-state index contributed by atoms with van der Waals surface area (Å²) in [7, 11) is -3.69. The van der Waals surface area contributed by atoms with Gasteiger partial charge >= 0.3 is 5.97 Å². The van der Waals surface area contributed by atoms with Crippen molar-refractivity contribution in [2.75, 3.05) is 13.2 Å². The number of ether oxygens (including phenoxy) is 1. The SMILES string of the molecule is CCCCCCCCC(CCCCCC)C(=O)OCCCCCCOS(=O)(=O)c1ccc(C)cc1. The molecule has 0 aromatic heterocycles. The first kappa shape index (κ1) is 31.6. The second-order valence-electron chi connectivity index (χ2n) is 9.77. The predicted octanol–water partition coefficient (Wildman–Crippen LogP) is 8.14. The fourth-order valence-corrected chi connectivity index (χ4v) is 5.10. The third-order valence-corrected chi connectivity index (χ3v) is 7.80. The molecule has 0 saturated carbocycles. The lowest BCUT2D eigenvalue weighted by molar-refractivity contribution is -0.149. The fourth-order valence-electron chi connectivity index (χ4n) is 4.16. The van der Waals surface area contributed by atoms with E-state index in [9.17, 15) is 13.2 Å². The number of rotatable bonds is 22. The molecule has 1 aromatic rings. The van der Waals surface area contributed by atoms with Crippen molar-refractivity contribution in [3.63, 3.8) is 0 Å². The van der Waals surface area contributed by atoms with Gasteiger partial charge < -0.3 is 4.74 Å². The zero-order chi connectivity index (χ0) is 25.8. The first-order valence-electron chi connectivity index (χ1n) is 14.0. The Morgan fingerprint density at radius 3 is 1.80 bits per heavy atom. The number of aryl methyl sites for hydroxylation is 1. The van der Waals surface area contributed by atoms with E-state index in [0.717, 1.165) is 50.5 Å². The number of unbranched alkanes of at least 4 members (excludes halogenated alkanes) is 11. The number of hydrogen-bond donors (Lipinski definition) is 0. The third kappa shape index (κ3) is 15.3. The Labute approximate surface area is 215 Å². The van der Waals surface area contributed by atoms with Crippen LogP contribution in [0, 0.1) is 12.8 Å². The molecule has 0 heterocycles. The maximum absolute atomic E-state index is 12.7. The third-order valence-electron chi connectivity index (χ3n) is 6.48. The lowest BCUT2D eigenvalue weighted by Crippen LogP contribution is -2.18. The van der Waals surface area contributed by atoms with Crippen molar-refractivity contribution in [1.29, 1.82) is 0 Å². The minimum atomic E-state index is -3.69.